The van der Waals surface area contributed by atoms with Crippen molar-refractivity contribution in [2.24, 2.45) is 15.7 Å². The highest BCUT2D eigenvalue weighted by atomic mass is 16.5. The van der Waals surface area contributed by atoms with E-state index in [1.165, 1.54) is 17.3 Å². The Kier molecular flexibility index (Phi) is 14.0. The largest absolute Gasteiger partial charge is 0.403 e. The van der Waals surface area contributed by atoms with E-state index in [2.05, 4.69) is 53.1 Å². The average molecular weight is 425 g/mol. The number of carbonyl (C=O) groups is 1. The lowest BCUT2D eigenvalue weighted by Crippen LogP contribution is -2.27. The normalized spacial score (nSPS) is 12.8. The Bertz CT molecular complexity index is 900. The number of hydrogen-bond acceptors (Lipinski definition) is 5. The van der Waals surface area contributed by atoms with Crippen LogP contribution >= 0.6 is 0 Å². The number of hydrogen-bond donors (Lipinski definition) is 2. The van der Waals surface area contributed by atoms with Crippen LogP contribution in [0.25, 0.3) is 0 Å². The fourth-order valence-electron chi connectivity index (χ4n) is 2.52. The fourth-order valence-corrected chi connectivity index (χ4v) is 2.52. The van der Waals surface area contributed by atoms with Crippen LogP contribution in [0.3, 0.4) is 0 Å². The molecule has 31 heavy (non-hydrogen) atoms. The number of amides is 1. The summed E-state index contributed by atoms with van der Waals surface area (Å²) < 4.78 is 5.14. The summed E-state index contributed by atoms with van der Waals surface area (Å²) >= 11 is 0. The van der Waals surface area contributed by atoms with E-state index in [0.29, 0.717) is 18.0 Å². The first-order chi connectivity index (χ1) is 14.8. The summed E-state index contributed by atoms with van der Waals surface area (Å²) in [4.78, 5) is 20.9. The number of rotatable bonds is 8. The van der Waals surface area contributed by atoms with E-state index < -0.39 is 5.91 Å². The van der Waals surface area contributed by atoms with Gasteiger partial charge in [0.25, 0.3) is 5.91 Å². The second-order valence-corrected chi connectivity index (χ2v) is 6.59. The van der Waals surface area contributed by atoms with Crippen molar-refractivity contribution in [2.45, 2.75) is 54.5 Å². The topological polar surface area (TPSA) is 89.1 Å². The monoisotopic (exact) mass is 424 g/mol. The van der Waals surface area contributed by atoms with Crippen LogP contribution in [-0.4, -0.2) is 37.6 Å². The molecule has 1 aromatic carbocycles. The van der Waals surface area contributed by atoms with Crippen molar-refractivity contribution in [3.05, 3.63) is 52.9 Å². The van der Waals surface area contributed by atoms with Gasteiger partial charge in [-0.3, -0.25) is 14.8 Å². The van der Waals surface area contributed by atoms with Gasteiger partial charge in [-0.05, 0) is 75.4 Å². The maximum absolute atomic E-state index is 11.8. The Balaban J connectivity index is 0.00000436. The zero-order chi connectivity index (χ0) is 23.8. The lowest BCUT2D eigenvalue weighted by Gasteiger charge is -2.11. The van der Waals surface area contributed by atoms with E-state index in [-0.39, 0.29) is 6.04 Å². The highest BCUT2D eigenvalue weighted by Crippen LogP contribution is 2.22. The number of aryl methyl sites for hydroxylation is 3. The number of allylic oxidation sites excluding steroid dienone is 2. The van der Waals surface area contributed by atoms with E-state index in [0.717, 1.165) is 11.3 Å². The van der Waals surface area contributed by atoms with Crippen LogP contribution in [0.4, 0.5) is 5.69 Å². The fraction of sp³-hybridized carbons (Fsp3) is 0.400. The van der Waals surface area contributed by atoms with Crippen molar-refractivity contribution in [1.29, 1.82) is 0 Å². The molecule has 0 saturated heterocycles. The second kappa shape index (κ2) is 15.6. The number of nitrogens with two attached hydrogens (primary N) is 1. The van der Waals surface area contributed by atoms with Crippen molar-refractivity contribution in [1.82, 2.24) is 5.32 Å². The van der Waals surface area contributed by atoms with Gasteiger partial charge in [-0.25, -0.2) is 0 Å². The number of methoxy groups -OCH3 is 1. The highest BCUT2D eigenvalue weighted by Gasteiger charge is 2.09. The van der Waals surface area contributed by atoms with Crippen LogP contribution in [0.5, 0.6) is 0 Å². The first-order valence-electron chi connectivity index (χ1n) is 10.3. The number of ether oxygens (including phenoxy) is 1. The Morgan fingerprint density at radius 2 is 1.87 bits per heavy atom. The minimum Gasteiger partial charge on any atom is -0.403 e. The van der Waals surface area contributed by atoms with Gasteiger partial charge in [0.15, 0.2) is 0 Å². The molecule has 1 amide bonds. The summed E-state index contributed by atoms with van der Waals surface area (Å²) in [5, 5.41) is 2.65. The molecule has 1 rings (SSSR count). The molecule has 0 spiro atoms. The van der Waals surface area contributed by atoms with Gasteiger partial charge in [0.05, 0.1) is 29.7 Å². The SMILES string of the molecule is CC.CC#CC(=O)N/C(=C/N)C(/C=C\C=Nc1cc(C)c(C)cc1C)=NC(C)COC. The molecule has 1 unspecified atom stereocenters. The zero-order valence-corrected chi connectivity index (χ0v) is 20.0. The van der Waals surface area contributed by atoms with Crippen LogP contribution in [-0.2, 0) is 9.53 Å². The minimum atomic E-state index is -0.455. The predicted molar refractivity (Wildman–Crippen MR) is 132 cm³/mol. The van der Waals surface area contributed by atoms with E-state index >= 15 is 0 Å². The quantitative estimate of drug-likeness (QED) is 0.481. The van der Waals surface area contributed by atoms with Crippen LogP contribution in [0.1, 0.15) is 44.4 Å². The van der Waals surface area contributed by atoms with Crippen LogP contribution in [0.15, 0.2) is 46.2 Å². The summed E-state index contributed by atoms with van der Waals surface area (Å²) in [6, 6.07) is 4.05. The van der Waals surface area contributed by atoms with Crippen LogP contribution in [0, 0.1) is 32.6 Å². The van der Waals surface area contributed by atoms with Crippen LogP contribution < -0.4 is 11.1 Å². The van der Waals surface area contributed by atoms with Gasteiger partial charge in [0, 0.05) is 19.5 Å². The summed E-state index contributed by atoms with van der Waals surface area (Å²) in [5.41, 5.74) is 11.0. The molecule has 6 nitrogen and oxygen atoms in total. The number of benzene rings is 1. The van der Waals surface area contributed by atoms with E-state index in [1.54, 1.807) is 32.4 Å². The molecule has 0 aliphatic rings. The lowest BCUT2D eigenvalue weighted by molar-refractivity contribution is -0.114. The molecule has 0 saturated carbocycles. The van der Waals surface area contributed by atoms with Gasteiger partial charge in [-0.1, -0.05) is 25.8 Å². The van der Waals surface area contributed by atoms with E-state index in [4.69, 9.17) is 10.5 Å². The van der Waals surface area contributed by atoms with Crippen molar-refractivity contribution in [3.63, 3.8) is 0 Å². The molecule has 1 aromatic rings. The van der Waals surface area contributed by atoms with Crippen molar-refractivity contribution in [2.75, 3.05) is 13.7 Å². The molecule has 3 N–H and O–H groups in total. The third-order valence-electron chi connectivity index (χ3n) is 4.06. The average Bonchev–Trinajstić information content (AvgIpc) is 2.74. The summed E-state index contributed by atoms with van der Waals surface area (Å²) in [7, 11) is 1.61. The molecule has 168 valence electrons. The molecule has 0 bridgehead atoms. The smallest absolute Gasteiger partial charge is 0.300 e. The molecule has 6 heteroatoms. The summed E-state index contributed by atoms with van der Waals surface area (Å²) in [6.45, 7) is 14.1. The maximum Gasteiger partial charge on any atom is 0.300 e. The molecule has 0 aliphatic carbocycles. The van der Waals surface area contributed by atoms with Crippen molar-refractivity contribution >= 4 is 23.5 Å². The minimum absolute atomic E-state index is 0.123. The van der Waals surface area contributed by atoms with Crippen molar-refractivity contribution < 1.29 is 9.53 Å². The van der Waals surface area contributed by atoms with Gasteiger partial charge in [0.1, 0.15) is 0 Å². The molecular weight excluding hydrogens is 388 g/mol. The van der Waals surface area contributed by atoms with Gasteiger partial charge in [-0.2, -0.15) is 0 Å². The lowest BCUT2D eigenvalue weighted by atomic mass is 10.1. The first kappa shape index (κ1) is 27.8. The molecule has 0 fully saturated rings. The Morgan fingerprint density at radius 1 is 1.23 bits per heavy atom. The summed E-state index contributed by atoms with van der Waals surface area (Å²) in [5.74, 6) is 4.52. The Morgan fingerprint density at radius 3 is 2.45 bits per heavy atom. The van der Waals surface area contributed by atoms with Crippen molar-refractivity contribution in [3.8, 4) is 11.8 Å². The molecule has 0 heterocycles. The number of carbonyl (C=O) groups excluding carboxylic acids is 1. The Labute approximate surface area is 187 Å². The van der Waals surface area contributed by atoms with Crippen LogP contribution in [0.2, 0.25) is 0 Å². The highest BCUT2D eigenvalue weighted by molar-refractivity contribution is 6.12. The molecular formula is C25H36N4O2. The second-order valence-electron chi connectivity index (χ2n) is 6.59. The molecule has 1 atom stereocenters. The van der Waals surface area contributed by atoms with Gasteiger partial charge < -0.3 is 15.8 Å². The van der Waals surface area contributed by atoms with Gasteiger partial charge in [0.2, 0.25) is 0 Å². The number of nitrogens with one attached hydrogen (secondary N) is 1. The van der Waals surface area contributed by atoms with E-state index in [1.807, 2.05) is 27.7 Å². The zero-order valence-electron chi connectivity index (χ0n) is 20.0. The van der Waals surface area contributed by atoms with Gasteiger partial charge in [-0.15, -0.1) is 0 Å². The molecule has 0 aromatic heterocycles. The molecule has 0 aliphatic heterocycles. The van der Waals surface area contributed by atoms with E-state index in [9.17, 15) is 4.79 Å². The summed E-state index contributed by atoms with van der Waals surface area (Å²) in [6.07, 6.45) is 6.48. The van der Waals surface area contributed by atoms with Gasteiger partial charge >= 0.3 is 0 Å². The third-order valence-corrected chi connectivity index (χ3v) is 4.06. The standard InChI is InChI=1S/C23H30N4O2.C2H6/c1-7-9-23(28)27-22(14-24)20(26-19(5)15-29-6)10-8-11-25-21-13-17(3)16(2)12-18(21)4;1-2/h8,10-14,19H,15,24H2,1-6H3,(H,27,28);1-2H3/b10-8-,22-14+,25-11?,26-20?;. The Hall–Kier alpha value is -3.17. The third kappa shape index (κ3) is 10.4. The first-order valence-corrected chi connectivity index (χ1v) is 10.3. The number of nitrogens with zero attached hydrogens (tertiary/aromatic N) is 2. The number of aliphatic imine (C=N–C) groups is 2. The predicted octanol–water partition coefficient (Wildman–Crippen LogP) is 4.31. The molecule has 0 radical (unpaired) electrons. The maximum atomic E-state index is 11.8.